The average Bonchev–Trinajstić information content (AvgIpc) is 1.65. The molecule has 36 valence electrons. The molecule has 0 bridgehead atoms. The van der Waals surface area contributed by atoms with Crippen molar-refractivity contribution in [3.63, 3.8) is 0 Å². The van der Waals surface area contributed by atoms with Gasteiger partial charge in [0.05, 0.1) is 15.2 Å². The van der Waals surface area contributed by atoms with E-state index in [0.29, 0.717) is 0 Å². The van der Waals surface area contributed by atoms with Crippen LogP contribution >= 0.6 is 0 Å². The van der Waals surface area contributed by atoms with Crippen LogP contribution in [0.1, 0.15) is 6.92 Å². The number of nitroso groups, excluding NO2 is 1. The number of hydrogen-bond acceptors (Lipinski definition) is 2. The van der Waals surface area contributed by atoms with Gasteiger partial charge in [-0.2, -0.15) is 4.91 Å². The fourth-order valence-corrected chi connectivity index (χ4v) is 0.224. The quantitative estimate of drug-likeness (QED) is 0.365. The predicted octanol–water partition coefficient (Wildman–Crippen LogP) is 0.316. The van der Waals surface area contributed by atoms with Crippen molar-refractivity contribution in [2.24, 2.45) is 5.18 Å². The third kappa shape index (κ3) is 2.08. The molecule has 0 saturated heterocycles. The minimum absolute atomic E-state index is 0.141. The van der Waals surface area contributed by atoms with E-state index in [2.05, 4.69) is 11.7 Å². The molecular formula is C3H9NOSi. The Morgan fingerprint density at radius 2 is 2.33 bits per heavy atom. The fourth-order valence-electron chi connectivity index (χ4n) is 0.0745. The Morgan fingerprint density at radius 1 is 1.83 bits per heavy atom. The Labute approximate surface area is 39.7 Å². The van der Waals surface area contributed by atoms with Gasteiger partial charge in [-0.05, 0) is 6.92 Å². The third-order valence-corrected chi connectivity index (χ3v) is 2.10. The van der Waals surface area contributed by atoms with Crippen LogP contribution < -0.4 is 0 Å². The van der Waals surface area contributed by atoms with Crippen LogP contribution in [0.2, 0.25) is 6.55 Å². The van der Waals surface area contributed by atoms with Gasteiger partial charge in [-0.3, -0.25) is 0 Å². The van der Waals surface area contributed by atoms with Gasteiger partial charge >= 0.3 is 0 Å². The molecule has 0 N–H and O–H groups in total. The Balaban J connectivity index is 2.96. The van der Waals surface area contributed by atoms with E-state index in [1.54, 1.807) is 0 Å². The first-order valence-corrected chi connectivity index (χ1v) is 4.36. The first kappa shape index (κ1) is 5.82. The zero-order chi connectivity index (χ0) is 4.99. The molecule has 0 saturated carbocycles. The van der Waals surface area contributed by atoms with E-state index in [-0.39, 0.29) is 15.2 Å². The molecule has 0 aliphatic rings. The highest BCUT2D eigenvalue weighted by molar-refractivity contribution is 6.35. The molecule has 2 nitrogen and oxygen atoms in total. The summed E-state index contributed by atoms with van der Waals surface area (Å²) in [5.74, 6) is 0. The second kappa shape index (κ2) is 3.02. The summed E-state index contributed by atoms with van der Waals surface area (Å²) in [6.07, 6.45) is 0. The minimum atomic E-state index is -0.141. The summed E-state index contributed by atoms with van der Waals surface area (Å²) in [6, 6.07) is 0. The summed E-state index contributed by atoms with van der Waals surface area (Å²) < 4.78 is 0. The lowest BCUT2D eigenvalue weighted by atomic mass is 10.8. The molecular weight excluding hydrogens is 94.1 g/mol. The number of nitrogens with zero attached hydrogens (tertiary/aromatic N) is 1. The van der Waals surface area contributed by atoms with Gasteiger partial charge < -0.3 is 0 Å². The molecule has 1 unspecified atom stereocenters. The van der Waals surface area contributed by atoms with E-state index >= 15 is 0 Å². The number of rotatable bonds is 2. The first-order chi connectivity index (χ1) is 2.81. The second-order valence-corrected chi connectivity index (χ2v) is 3.36. The van der Waals surface area contributed by atoms with Crippen LogP contribution in [0.4, 0.5) is 0 Å². The molecule has 0 spiro atoms. The van der Waals surface area contributed by atoms with Crippen LogP contribution in [-0.2, 0) is 0 Å². The maximum Gasteiger partial charge on any atom is 0.0734 e. The molecule has 0 fully saturated rings. The Hall–Kier alpha value is -0.183. The molecule has 0 aliphatic heterocycles. The lowest BCUT2D eigenvalue weighted by Crippen LogP contribution is -2.02. The summed E-state index contributed by atoms with van der Waals surface area (Å²) in [6.45, 7) is 3.94. The van der Waals surface area contributed by atoms with Crippen molar-refractivity contribution < 1.29 is 0 Å². The molecule has 6 heavy (non-hydrogen) atoms. The molecule has 1 atom stereocenters. The van der Waals surface area contributed by atoms with E-state index in [9.17, 15) is 4.91 Å². The maximum absolute atomic E-state index is 9.52. The fraction of sp³-hybridized carbons (Fsp3) is 1.00. The van der Waals surface area contributed by atoms with Gasteiger partial charge in [0.25, 0.3) is 0 Å². The van der Waals surface area contributed by atoms with E-state index in [1.807, 2.05) is 6.92 Å². The van der Waals surface area contributed by atoms with Gasteiger partial charge in [-0.25, -0.2) is 0 Å². The van der Waals surface area contributed by atoms with Crippen LogP contribution in [0.5, 0.6) is 0 Å². The molecule has 0 aromatic rings. The van der Waals surface area contributed by atoms with Crippen LogP contribution in [0.3, 0.4) is 0 Å². The predicted molar refractivity (Wildman–Crippen MR) is 29.7 cm³/mol. The van der Waals surface area contributed by atoms with Gasteiger partial charge in [0.1, 0.15) is 0 Å². The Bertz CT molecular complexity index is 48.1. The van der Waals surface area contributed by atoms with Crippen molar-refractivity contribution >= 4 is 9.52 Å². The molecule has 0 heterocycles. The summed E-state index contributed by atoms with van der Waals surface area (Å²) in [4.78, 5) is 9.52. The van der Waals surface area contributed by atoms with E-state index < -0.39 is 0 Å². The van der Waals surface area contributed by atoms with Gasteiger partial charge in [-0.1, -0.05) is 11.7 Å². The van der Waals surface area contributed by atoms with Crippen molar-refractivity contribution in [2.75, 3.05) is 0 Å². The second-order valence-electron chi connectivity index (χ2n) is 1.36. The van der Waals surface area contributed by atoms with Crippen LogP contribution in [0, 0.1) is 4.91 Å². The first-order valence-electron chi connectivity index (χ1n) is 2.13. The van der Waals surface area contributed by atoms with Gasteiger partial charge in [0, 0.05) is 0 Å². The molecule has 0 aliphatic carbocycles. The van der Waals surface area contributed by atoms with E-state index in [1.165, 1.54) is 0 Å². The molecule has 0 aromatic heterocycles. The van der Waals surface area contributed by atoms with Gasteiger partial charge in [0.2, 0.25) is 0 Å². The third-order valence-electron chi connectivity index (χ3n) is 0.771. The highest BCUT2D eigenvalue weighted by Crippen LogP contribution is 1.80. The molecule has 0 radical (unpaired) electrons. The Kier molecular flexibility index (Phi) is 2.93. The lowest BCUT2D eigenvalue weighted by molar-refractivity contribution is 1.00. The van der Waals surface area contributed by atoms with Gasteiger partial charge in [-0.15, -0.1) is 0 Å². The summed E-state index contributed by atoms with van der Waals surface area (Å²) in [5, 5.41) is 2.82. The highest BCUT2D eigenvalue weighted by Gasteiger charge is 1.91. The topological polar surface area (TPSA) is 29.4 Å². The van der Waals surface area contributed by atoms with E-state index in [4.69, 9.17) is 0 Å². The zero-order valence-electron chi connectivity index (χ0n) is 4.14. The van der Waals surface area contributed by atoms with Crippen LogP contribution in [0.15, 0.2) is 5.18 Å². The normalized spacial score (nSPS) is 15.7. The van der Waals surface area contributed by atoms with Crippen molar-refractivity contribution in [1.82, 2.24) is 0 Å². The minimum Gasteiger partial charge on any atom is -0.151 e. The molecule has 0 amide bonds. The average molecular weight is 103 g/mol. The standard InChI is InChI=1S/C3H9NOSi/c1-3(4-5)6-2/h3H,6H2,1-2H3. The molecule has 0 aromatic carbocycles. The van der Waals surface area contributed by atoms with Crippen LogP contribution in [-0.4, -0.2) is 15.2 Å². The Morgan fingerprint density at radius 3 is 2.33 bits per heavy atom. The van der Waals surface area contributed by atoms with Gasteiger partial charge in [0.15, 0.2) is 0 Å². The monoisotopic (exact) mass is 103 g/mol. The summed E-state index contributed by atoms with van der Waals surface area (Å²) >= 11 is 0. The zero-order valence-corrected chi connectivity index (χ0v) is 5.55. The summed E-state index contributed by atoms with van der Waals surface area (Å²) in [5.41, 5.74) is 0.144. The van der Waals surface area contributed by atoms with E-state index in [0.717, 1.165) is 0 Å². The number of hydrogen-bond donors (Lipinski definition) is 0. The molecule has 3 heteroatoms. The smallest absolute Gasteiger partial charge is 0.0734 e. The largest absolute Gasteiger partial charge is 0.151 e. The highest BCUT2D eigenvalue weighted by atomic mass is 28.2. The SMILES string of the molecule is C[SiH2]C(C)N=O. The van der Waals surface area contributed by atoms with Crippen molar-refractivity contribution in [1.29, 1.82) is 0 Å². The lowest BCUT2D eigenvalue weighted by Gasteiger charge is -1.87. The molecule has 0 rings (SSSR count). The summed E-state index contributed by atoms with van der Waals surface area (Å²) in [7, 11) is -0.141. The van der Waals surface area contributed by atoms with Crippen molar-refractivity contribution in [3.8, 4) is 0 Å². The van der Waals surface area contributed by atoms with Crippen molar-refractivity contribution in [3.05, 3.63) is 4.91 Å². The maximum atomic E-state index is 9.52. The van der Waals surface area contributed by atoms with Crippen molar-refractivity contribution in [2.45, 2.75) is 19.1 Å². The van der Waals surface area contributed by atoms with Crippen LogP contribution in [0.25, 0.3) is 0 Å².